The first kappa shape index (κ1) is 19.0. The predicted octanol–water partition coefficient (Wildman–Crippen LogP) is 4.61. The first-order valence-electron chi connectivity index (χ1n) is 7.47. The summed E-state index contributed by atoms with van der Waals surface area (Å²) in [7, 11) is 0. The first-order valence-corrected chi connectivity index (χ1v) is 7.85. The molecule has 1 amide bonds. The van der Waals surface area contributed by atoms with Gasteiger partial charge in [0.25, 0.3) is 5.91 Å². The number of halogens is 4. The van der Waals surface area contributed by atoms with Gasteiger partial charge in [-0.2, -0.15) is 13.2 Å². The first-order chi connectivity index (χ1) is 11.7. The van der Waals surface area contributed by atoms with E-state index in [-0.39, 0.29) is 16.8 Å². The SMILES string of the molecule is CCC(C)Nc1cc(C(=O)Nc2ccc(Cl)cc2C(F)(F)F)ncn1. The summed E-state index contributed by atoms with van der Waals surface area (Å²) >= 11 is 5.62. The van der Waals surface area contributed by atoms with Crippen molar-refractivity contribution in [3.63, 3.8) is 0 Å². The molecule has 1 unspecified atom stereocenters. The average Bonchev–Trinajstić information content (AvgIpc) is 2.55. The molecular weight excluding hydrogens is 357 g/mol. The molecule has 0 fully saturated rings. The highest BCUT2D eigenvalue weighted by Gasteiger charge is 2.34. The molecule has 1 atom stereocenters. The van der Waals surface area contributed by atoms with Crippen molar-refractivity contribution in [3.05, 3.63) is 46.9 Å². The summed E-state index contributed by atoms with van der Waals surface area (Å²) in [5.41, 5.74) is -1.47. The molecule has 2 aromatic rings. The molecule has 2 rings (SSSR count). The minimum absolute atomic E-state index is 0.0520. The van der Waals surface area contributed by atoms with E-state index in [0.717, 1.165) is 18.6 Å². The molecule has 0 saturated heterocycles. The summed E-state index contributed by atoms with van der Waals surface area (Å²) in [5, 5.41) is 5.21. The second kappa shape index (κ2) is 7.69. The van der Waals surface area contributed by atoms with Crippen LogP contribution < -0.4 is 10.6 Å². The summed E-state index contributed by atoms with van der Waals surface area (Å²) in [4.78, 5) is 20.0. The van der Waals surface area contributed by atoms with Crippen LogP contribution in [0.5, 0.6) is 0 Å². The number of carbonyl (C=O) groups is 1. The molecule has 5 nitrogen and oxygen atoms in total. The topological polar surface area (TPSA) is 66.9 Å². The lowest BCUT2D eigenvalue weighted by atomic mass is 10.1. The van der Waals surface area contributed by atoms with E-state index in [1.165, 1.54) is 18.5 Å². The normalized spacial score (nSPS) is 12.6. The highest BCUT2D eigenvalue weighted by atomic mass is 35.5. The summed E-state index contributed by atoms with van der Waals surface area (Å²) < 4.78 is 39.2. The number of rotatable bonds is 5. The predicted molar refractivity (Wildman–Crippen MR) is 89.8 cm³/mol. The maximum Gasteiger partial charge on any atom is 0.418 e. The third-order valence-electron chi connectivity index (χ3n) is 3.44. The van der Waals surface area contributed by atoms with Crippen molar-refractivity contribution in [3.8, 4) is 0 Å². The van der Waals surface area contributed by atoms with E-state index in [2.05, 4.69) is 20.6 Å². The number of nitrogens with one attached hydrogen (secondary N) is 2. The van der Waals surface area contributed by atoms with Crippen molar-refractivity contribution in [1.29, 1.82) is 0 Å². The molecule has 0 aliphatic heterocycles. The van der Waals surface area contributed by atoms with Gasteiger partial charge in [0.1, 0.15) is 17.8 Å². The molecule has 0 saturated carbocycles. The molecule has 1 aromatic heterocycles. The number of amides is 1. The molecule has 0 aliphatic carbocycles. The Morgan fingerprint density at radius 2 is 2.00 bits per heavy atom. The van der Waals surface area contributed by atoms with Crippen LogP contribution in [0.15, 0.2) is 30.6 Å². The Balaban J connectivity index is 2.25. The quantitative estimate of drug-likeness (QED) is 0.804. The Bertz CT molecular complexity index is 767. The highest BCUT2D eigenvalue weighted by molar-refractivity contribution is 6.30. The second-order valence-corrected chi connectivity index (χ2v) is 5.82. The summed E-state index contributed by atoms with van der Waals surface area (Å²) in [6.07, 6.45) is -2.64. The third-order valence-corrected chi connectivity index (χ3v) is 3.68. The van der Waals surface area contributed by atoms with Crippen LogP contribution in [-0.2, 0) is 6.18 Å². The molecule has 0 bridgehead atoms. The van der Waals surface area contributed by atoms with Crippen LogP contribution in [0.25, 0.3) is 0 Å². The largest absolute Gasteiger partial charge is 0.418 e. The fraction of sp³-hybridized carbons (Fsp3) is 0.312. The van der Waals surface area contributed by atoms with Crippen molar-refractivity contribution in [2.75, 3.05) is 10.6 Å². The maximum absolute atomic E-state index is 13.1. The number of benzene rings is 1. The van der Waals surface area contributed by atoms with Gasteiger partial charge in [0.15, 0.2) is 0 Å². The second-order valence-electron chi connectivity index (χ2n) is 5.38. The van der Waals surface area contributed by atoms with Gasteiger partial charge < -0.3 is 10.6 Å². The van der Waals surface area contributed by atoms with E-state index in [0.29, 0.717) is 5.82 Å². The number of hydrogen-bond acceptors (Lipinski definition) is 4. The average molecular weight is 373 g/mol. The number of carbonyl (C=O) groups excluding carboxylic acids is 1. The molecule has 0 aliphatic rings. The molecule has 25 heavy (non-hydrogen) atoms. The monoisotopic (exact) mass is 372 g/mol. The molecule has 0 spiro atoms. The Kier molecular flexibility index (Phi) is 5.84. The maximum atomic E-state index is 13.1. The molecule has 1 heterocycles. The lowest BCUT2D eigenvalue weighted by Crippen LogP contribution is -2.19. The lowest BCUT2D eigenvalue weighted by molar-refractivity contribution is -0.136. The van der Waals surface area contributed by atoms with Crippen LogP contribution >= 0.6 is 11.6 Å². The highest BCUT2D eigenvalue weighted by Crippen LogP contribution is 2.36. The van der Waals surface area contributed by atoms with Crippen LogP contribution in [0, 0.1) is 0 Å². The van der Waals surface area contributed by atoms with Crippen molar-refractivity contribution in [2.45, 2.75) is 32.5 Å². The molecule has 0 radical (unpaired) electrons. The van der Waals surface area contributed by atoms with Gasteiger partial charge in [-0.05, 0) is 31.5 Å². The van der Waals surface area contributed by atoms with Gasteiger partial charge in [0.2, 0.25) is 0 Å². The van der Waals surface area contributed by atoms with Crippen molar-refractivity contribution >= 4 is 29.0 Å². The minimum atomic E-state index is -4.65. The zero-order valence-corrected chi connectivity index (χ0v) is 14.2. The van der Waals surface area contributed by atoms with E-state index < -0.39 is 23.3 Å². The summed E-state index contributed by atoms with van der Waals surface area (Å²) in [6, 6.07) is 4.63. The number of anilines is 2. The van der Waals surface area contributed by atoms with E-state index in [1.807, 2.05) is 13.8 Å². The Morgan fingerprint density at radius 1 is 1.28 bits per heavy atom. The zero-order valence-electron chi connectivity index (χ0n) is 13.5. The Hall–Kier alpha value is -2.35. The van der Waals surface area contributed by atoms with Crippen molar-refractivity contribution in [2.24, 2.45) is 0 Å². The van der Waals surface area contributed by atoms with Gasteiger partial charge in [-0.25, -0.2) is 9.97 Å². The van der Waals surface area contributed by atoms with Crippen molar-refractivity contribution in [1.82, 2.24) is 9.97 Å². The Morgan fingerprint density at radius 3 is 2.64 bits per heavy atom. The van der Waals surface area contributed by atoms with Crippen LogP contribution in [0.2, 0.25) is 5.02 Å². The van der Waals surface area contributed by atoms with E-state index in [1.54, 1.807) is 0 Å². The van der Waals surface area contributed by atoms with Crippen molar-refractivity contribution < 1.29 is 18.0 Å². The molecule has 9 heteroatoms. The van der Waals surface area contributed by atoms with E-state index in [9.17, 15) is 18.0 Å². The number of hydrogen-bond donors (Lipinski definition) is 2. The molecule has 2 N–H and O–H groups in total. The number of nitrogens with zero attached hydrogens (tertiary/aromatic N) is 2. The van der Waals surface area contributed by atoms with Crippen LogP contribution in [-0.4, -0.2) is 21.9 Å². The van der Waals surface area contributed by atoms with Crippen LogP contribution in [0.3, 0.4) is 0 Å². The Labute approximate surface area is 147 Å². The van der Waals surface area contributed by atoms with Crippen LogP contribution in [0.1, 0.15) is 36.3 Å². The van der Waals surface area contributed by atoms with Crippen LogP contribution in [0.4, 0.5) is 24.7 Å². The summed E-state index contributed by atoms with van der Waals surface area (Å²) in [5.74, 6) is -0.357. The van der Waals surface area contributed by atoms with Gasteiger partial charge in [-0.3, -0.25) is 4.79 Å². The lowest BCUT2D eigenvalue weighted by Gasteiger charge is -2.15. The van der Waals surface area contributed by atoms with E-state index >= 15 is 0 Å². The zero-order chi connectivity index (χ0) is 18.6. The third kappa shape index (κ3) is 5.06. The number of alkyl halides is 3. The van der Waals surface area contributed by atoms with E-state index in [4.69, 9.17) is 11.6 Å². The van der Waals surface area contributed by atoms with Gasteiger partial charge in [0.05, 0.1) is 11.3 Å². The summed E-state index contributed by atoms with van der Waals surface area (Å²) in [6.45, 7) is 3.91. The molecule has 134 valence electrons. The number of aromatic nitrogens is 2. The minimum Gasteiger partial charge on any atom is -0.368 e. The molecule has 1 aromatic carbocycles. The standard InChI is InChI=1S/C16H16ClF3N4O/c1-3-9(2)23-14-7-13(21-8-22-14)15(25)24-12-5-4-10(17)6-11(12)16(18,19)20/h4-9H,3H2,1-2H3,(H,24,25)(H,21,22,23). The fourth-order valence-electron chi connectivity index (χ4n) is 1.96. The van der Waals surface area contributed by atoms with Gasteiger partial charge in [-0.1, -0.05) is 18.5 Å². The van der Waals surface area contributed by atoms with Gasteiger partial charge in [0, 0.05) is 17.1 Å². The smallest absolute Gasteiger partial charge is 0.368 e. The molecular formula is C16H16ClF3N4O. The van der Waals surface area contributed by atoms with Gasteiger partial charge >= 0.3 is 6.18 Å². The fourth-order valence-corrected chi connectivity index (χ4v) is 2.13. The van der Waals surface area contributed by atoms with Gasteiger partial charge in [-0.15, -0.1) is 0 Å².